The lowest BCUT2D eigenvalue weighted by atomic mass is 10.0. The molecule has 0 fully saturated rings. The third kappa shape index (κ3) is 3.58. The normalized spacial score (nSPS) is 11.5. The highest BCUT2D eigenvalue weighted by atomic mass is 35.5. The molecule has 0 bridgehead atoms. The second-order valence-corrected chi connectivity index (χ2v) is 6.14. The van der Waals surface area contributed by atoms with Crippen LogP contribution in [0.1, 0.15) is 22.8 Å². The van der Waals surface area contributed by atoms with Crippen LogP contribution >= 0.6 is 23.2 Å². The first-order valence-electron chi connectivity index (χ1n) is 7.33. The van der Waals surface area contributed by atoms with E-state index in [-0.39, 0.29) is 5.91 Å². The molecule has 0 heterocycles. The van der Waals surface area contributed by atoms with Crippen molar-refractivity contribution in [3.8, 4) is 0 Å². The summed E-state index contributed by atoms with van der Waals surface area (Å²) < 4.78 is 0. The van der Waals surface area contributed by atoms with Crippen LogP contribution in [0.4, 0.5) is 0 Å². The maximum absolute atomic E-state index is 12.1. The average Bonchev–Trinajstić information content (AvgIpc) is 2.61. The Morgan fingerprint density at radius 1 is 0.875 bits per heavy atom. The van der Waals surface area contributed by atoms with Crippen LogP contribution in [0.3, 0.4) is 0 Å². The van der Waals surface area contributed by atoms with Crippen LogP contribution in [0.25, 0.3) is 10.8 Å². The monoisotopic (exact) mass is 356 g/mol. The zero-order chi connectivity index (χ0) is 17.1. The molecule has 0 aliphatic rings. The van der Waals surface area contributed by atoms with Crippen molar-refractivity contribution < 1.29 is 4.79 Å². The van der Waals surface area contributed by atoms with Gasteiger partial charge in [0.15, 0.2) is 0 Å². The van der Waals surface area contributed by atoms with Crippen molar-refractivity contribution in [2.45, 2.75) is 6.92 Å². The van der Waals surface area contributed by atoms with E-state index in [9.17, 15) is 4.79 Å². The Bertz CT molecular complexity index is 951. The molecule has 3 aromatic carbocycles. The third-order valence-electron chi connectivity index (χ3n) is 3.67. The van der Waals surface area contributed by atoms with Gasteiger partial charge in [-0.1, -0.05) is 59.6 Å². The molecule has 0 spiro atoms. The average molecular weight is 357 g/mol. The van der Waals surface area contributed by atoms with E-state index in [1.807, 2.05) is 43.3 Å². The van der Waals surface area contributed by atoms with Gasteiger partial charge in [-0.15, -0.1) is 0 Å². The SMILES string of the molecule is C/C(=N\NC(=O)c1ccc(Cl)c(Cl)c1)c1ccc2ccccc2c1. The van der Waals surface area contributed by atoms with Gasteiger partial charge in [0.1, 0.15) is 0 Å². The number of nitrogens with zero attached hydrogens (tertiary/aromatic N) is 1. The number of amides is 1. The predicted octanol–water partition coefficient (Wildman–Crippen LogP) is 5.30. The lowest BCUT2D eigenvalue weighted by Crippen LogP contribution is -2.19. The summed E-state index contributed by atoms with van der Waals surface area (Å²) in [6, 6.07) is 18.8. The molecule has 3 nitrogen and oxygen atoms in total. The lowest BCUT2D eigenvalue weighted by molar-refractivity contribution is 0.0955. The Morgan fingerprint density at radius 2 is 1.58 bits per heavy atom. The van der Waals surface area contributed by atoms with E-state index < -0.39 is 0 Å². The van der Waals surface area contributed by atoms with Crippen molar-refractivity contribution >= 4 is 45.6 Å². The zero-order valence-corrected chi connectivity index (χ0v) is 14.4. The first-order valence-corrected chi connectivity index (χ1v) is 8.09. The van der Waals surface area contributed by atoms with E-state index in [0.29, 0.717) is 21.3 Å². The number of carbonyl (C=O) groups is 1. The van der Waals surface area contributed by atoms with Crippen LogP contribution in [0.15, 0.2) is 65.8 Å². The maximum Gasteiger partial charge on any atom is 0.271 e. The number of carbonyl (C=O) groups excluding carboxylic acids is 1. The first-order chi connectivity index (χ1) is 11.5. The predicted molar refractivity (Wildman–Crippen MR) is 100 cm³/mol. The molecule has 0 aliphatic heterocycles. The summed E-state index contributed by atoms with van der Waals surface area (Å²) in [5.74, 6) is -0.339. The Morgan fingerprint density at radius 3 is 2.33 bits per heavy atom. The standard InChI is InChI=1S/C19H14Cl2N2O/c1-12(14-7-6-13-4-2-3-5-15(13)10-14)22-23-19(24)16-8-9-17(20)18(21)11-16/h2-11H,1H3,(H,23,24)/b22-12+. The first kappa shape index (κ1) is 16.5. The summed E-state index contributed by atoms with van der Waals surface area (Å²) in [7, 11) is 0. The Balaban J connectivity index is 1.79. The molecular weight excluding hydrogens is 343 g/mol. The van der Waals surface area contributed by atoms with E-state index in [2.05, 4.69) is 16.6 Å². The van der Waals surface area contributed by atoms with Crippen molar-refractivity contribution in [3.05, 3.63) is 81.8 Å². The molecular formula is C19H14Cl2N2O. The van der Waals surface area contributed by atoms with Gasteiger partial charge in [-0.2, -0.15) is 5.10 Å². The second kappa shape index (κ2) is 7.04. The molecule has 5 heteroatoms. The smallest absolute Gasteiger partial charge is 0.267 e. The van der Waals surface area contributed by atoms with Gasteiger partial charge >= 0.3 is 0 Å². The number of hydrogen-bond acceptors (Lipinski definition) is 2. The van der Waals surface area contributed by atoms with Crippen LogP contribution in [0.2, 0.25) is 10.0 Å². The molecule has 0 unspecified atom stereocenters. The minimum absolute atomic E-state index is 0.333. The Labute approximate surface area is 149 Å². The molecule has 0 aromatic heterocycles. The quantitative estimate of drug-likeness (QED) is 0.502. The minimum Gasteiger partial charge on any atom is -0.267 e. The fourth-order valence-electron chi connectivity index (χ4n) is 2.32. The summed E-state index contributed by atoms with van der Waals surface area (Å²) in [5, 5.41) is 7.20. The van der Waals surface area contributed by atoms with Crippen LogP contribution in [0, 0.1) is 0 Å². The summed E-state index contributed by atoms with van der Waals surface area (Å²) in [5.41, 5.74) is 4.61. The van der Waals surface area contributed by atoms with E-state index in [4.69, 9.17) is 23.2 Å². The minimum atomic E-state index is -0.339. The number of fused-ring (bicyclic) bond motifs is 1. The molecule has 0 saturated carbocycles. The number of rotatable bonds is 3. The maximum atomic E-state index is 12.1. The molecule has 1 N–H and O–H groups in total. The van der Waals surface area contributed by atoms with Crippen LogP contribution in [-0.2, 0) is 0 Å². The van der Waals surface area contributed by atoms with Crippen molar-refractivity contribution in [1.82, 2.24) is 5.43 Å². The second-order valence-electron chi connectivity index (χ2n) is 5.33. The number of benzene rings is 3. The molecule has 120 valence electrons. The summed E-state index contributed by atoms with van der Waals surface area (Å²) in [6.07, 6.45) is 0. The van der Waals surface area contributed by atoms with E-state index in [1.165, 1.54) is 6.07 Å². The largest absolute Gasteiger partial charge is 0.271 e. The van der Waals surface area contributed by atoms with Gasteiger partial charge in [0.2, 0.25) is 0 Å². The molecule has 3 aromatic rings. The van der Waals surface area contributed by atoms with E-state index in [0.717, 1.165) is 16.3 Å². The van der Waals surface area contributed by atoms with Crippen LogP contribution in [0.5, 0.6) is 0 Å². The highest BCUT2D eigenvalue weighted by Crippen LogP contribution is 2.22. The van der Waals surface area contributed by atoms with Crippen molar-refractivity contribution in [2.75, 3.05) is 0 Å². The molecule has 0 atom stereocenters. The number of nitrogens with one attached hydrogen (secondary N) is 1. The van der Waals surface area contributed by atoms with Crippen LogP contribution in [-0.4, -0.2) is 11.6 Å². The topological polar surface area (TPSA) is 41.5 Å². The van der Waals surface area contributed by atoms with Crippen molar-refractivity contribution in [2.24, 2.45) is 5.10 Å². The van der Waals surface area contributed by atoms with Gasteiger partial charge in [-0.3, -0.25) is 4.79 Å². The molecule has 0 radical (unpaired) electrons. The van der Waals surface area contributed by atoms with Gasteiger partial charge in [0, 0.05) is 5.56 Å². The molecule has 24 heavy (non-hydrogen) atoms. The van der Waals surface area contributed by atoms with Crippen molar-refractivity contribution in [3.63, 3.8) is 0 Å². The van der Waals surface area contributed by atoms with E-state index in [1.54, 1.807) is 12.1 Å². The van der Waals surface area contributed by atoms with Crippen molar-refractivity contribution in [1.29, 1.82) is 0 Å². The molecule has 0 aliphatic carbocycles. The summed E-state index contributed by atoms with van der Waals surface area (Å²) in [4.78, 5) is 12.1. The van der Waals surface area contributed by atoms with Gasteiger partial charge in [0.05, 0.1) is 15.8 Å². The molecule has 1 amide bonds. The fourth-order valence-corrected chi connectivity index (χ4v) is 2.61. The van der Waals surface area contributed by atoms with Gasteiger partial charge in [0.25, 0.3) is 5.91 Å². The van der Waals surface area contributed by atoms with Gasteiger partial charge in [-0.05, 0) is 47.5 Å². The Kier molecular flexibility index (Phi) is 4.84. The van der Waals surface area contributed by atoms with E-state index >= 15 is 0 Å². The summed E-state index contributed by atoms with van der Waals surface area (Å²) in [6.45, 7) is 1.85. The zero-order valence-electron chi connectivity index (χ0n) is 12.9. The molecule has 0 saturated heterocycles. The fraction of sp³-hybridized carbons (Fsp3) is 0.0526. The van der Waals surface area contributed by atoms with Gasteiger partial charge < -0.3 is 0 Å². The number of hydrogen-bond donors (Lipinski definition) is 1. The Hall–Kier alpha value is -2.36. The molecule has 3 rings (SSSR count). The highest BCUT2D eigenvalue weighted by Gasteiger charge is 2.08. The highest BCUT2D eigenvalue weighted by molar-refractivity contribution is 6.42. The number of hydrazone groups is 1. The van der Waals surface area contributed by atoms with Gasteiger partial charge in [-0.25, -0.2) is 5.43 Å². The lowest BCUT2D eigenvalue weighted by Gasteiger charge is -2.05. The summed E-state index contributed by atoms with van der Waals surface area (Å²) >= 11 is 11.8. The third-order valence-corrected chi connectivity index (χ3v) is 4.41. The van der Waals surface area contributed by atoms with Crippen LogP contribution < -0.4 is 5.43 Å². The number of halogens is 2.